The lowest BCUT2D eigenvalue weighted by molar-refractivity contribution is -0.147. The fourth-order valence-electron chi connectivity index (χ4n) is 1.55. The number of hydrogen-bond donors (Lipinski definition) is 0. The minimum Gasteiger partial charge on any atom is -0.458 e. The largest absolute Gasteiger partial charge is 0.458 e. The van der Waals surface area contributed by atoms with Crippen LogP contribution in [0.3, 0.4) is 0 Å². The summed E-state index contributed by atoms with van der Waals surface area (Å²) < 4.78 is 5.32. The molecule has 0 radical (unpaired) electrons. The Kier molecular flexibility index (Phi) is 4.77. The molecule has 1 aromatic rings. The second kappa shape index (κ2) is 6.11. The Hall–Kier alpha value is -1.57. The van der Waals surface area contributed by atoms with E-state index in [9.17, 15) is 4.79 Å². The van der Waals surface area contributed by atoms with Crippen molar-refractivity contribution in [3.63, 3.8) is 0 Å². The fraction of sp³-hybridized carbons (Fsp3) is 0.357. The average Bonchev–Trinajstić information content (AvgIpc) is 2.28. The summed E-state index contributed by atoms with van der Waals surface area (Å²) in [5.74, 6) is 0.0784. The highest BCUT2D eigenvalue weighted by Crippen LogP contribution is 2.25. The van der Waals surface area contributed by atoms with Gasteiger partial charge in [0.15, 0.2) is 0 Å². The van der Waals surface area contributed by atoms with Gasteiger partial charge in [0.1, 0.15) is 6.10 Å². The number of hydrogen-bond acceptors (Lipinski definition) is 2. The quantitative estimate of drug-likeness (QED) is 0.558. The summed E-state index contributed by atoms with van der Waals surface area (Å²) in [5, 5.41) is 0. The van der Waals surface area contributed by atoms with Gasteiger partial charge >= 0.3 is 5.97 Å². The maximum atomic E-state index is 11.0. The Morgan fingerprint density at radius 3 is 2.56 bits per heavy atom. The van der Waals surface area contributed by atoms with E-state index in [4.69, 9.17) is 4.74 Å². The topological polar surface area (TPSA) is 26.3 Å². The molecule has 0 bridgehead atoms. The van der Waals surface area contributed by atoms with Crippen LogP contribution >= 0.6 is 0 Å². The zero-order valence-corrected chi connectivity index (χ0v) is 9.85. The van der Waals surface area contributed by atoms with E-state index >= 15 is 0 Å². The van der Waals surface area contributed by atoms with Crippen LogP contribution in [0.4, 0.5) is 0 Å². The average molecular weight is 218 g/mol. The first-order valence-electron chi connectivity index (χ1n) is 5.48. The molecule has 0 aromatic heterocycles. The molecule has 0 saturated heterocycles. The summed E-state index contributed by atoms with van der Waals surface area (Å²) >= 11 is 0. The molecule has 1 rings (SSSR count). The van der Waals surface area contributed by atoms with Gasteiger partial charge < -0.3 is 4.74 Å². The maximum Gasteiger partial charge on any atom is 0.303 e. The van der Waals surface area contributed by atoms with Gasteiger partial charge in [0, 0.05) is 6.92 Å². The summed E-state index contributed by atoms with van der Waals surface area (Å²) in [4.78, 5) is 11.0. The van der Waals surface area contributed by atoms with Crippen molar-refractivity contribution in [2.45, 2.75) is 26.4 Å². The molecule has 0 aliphatic heterocycles. The van der Waals surface area contributed by atoms with Crippen molar-refractivity contribution in [1.29, 1.82) is 0 Å². The van der Waals surface area contributed by atoms with Crippen LogP contribution in [0.25, 0.3) is 0 Å². The maximum absolute atomic E-state index is 11.0. The van der Waals surface area contributed by atoms with Gasteiger partial charge in [0.2, 0.25) is 0 Å². The molecule has 0 spiro atoms. The number of rotatable bonds is 5. The molecule has 2 unspecified atom stereocenters. The lowest BCUT2D eigenvalue weighted by Gasteiger charge is -2.19. The number of allylic oxidation sites excluding steroid dienone is 1. The predicted octanol–water partition coefficient (Wildman–Crippen LogP) is 3.50. The highest BCUT2D eigenvalue weighted by molar-refractivity contribution is 5.66. The van der Waals surface area contributed by atoms with Crippen molar-refractivity contribution in [1.82, 2.24) is 0 Å². The monoisotopic (exact) mass is 218 g/mol. The zero-order chi connectivity index (χ0) is 12.0. The van der Waals surface area contributed by atoms with Gasteiger partial charge in [-0.05, 0) is 17.9 Å². The molecule has 0 saturated carbocycles. The van der Waals surface area contributed by atoms with E-state index in [2.05, 4.69) is 13.5 Å². The van der Waals surface area contributed by atoms with Crippen LogP contribution in [-0.4, -0.2) is 5.97 Å². The lowest BCUT2D eigenvalue weighted by Crippen LogP contribution is -2.11. The SMILES string of the molecule is C=CC(C)CC(OC(C)=O)c1ccccc1. The summed E-state index contributed by atoms with van der Waals surface area (Å²) in [6, 6.07) is 9.80. The molecule has 16 heavy (non-hydrogen) atoms. The third kappa shape index (κ3) is 3.89. The minimum atomic E-state index is -0.245. The van der Waals surface area contributed by atoms with Crippen molar-refractivity contribution in [3.05, 3.63) is 48.6 Å². The highest BCUT2D eigenvalue weighted by Gasteiger charge is 2.16. The third-order valence-electron chi connectivity index (χ3n) is 2.47. The van der Waals surface area contributed by atoms with Crippen LogP contribution in [0.1, 0.15) is 31.9 Å². The number of carbonyl (C=O) groups is 1. The van der Waals surface area contributed by atoms with Crippen LogP contribution in [0.15, 0.2) is 43.0 Å². The standard InChI is InChI=1S/C14H18O2/c1-4-11(2)10-14(16-12(3)15)13-8-6-5-7-9-13/h4-9,11,14H,1,10H2,2-3H3. The molecule has 2 heteroatoms. The van der Waals surface area contributed by atoms with Crippen molar-refractivity contribution >= 4 is 5.97 Å². The van der Waals surface area contributed by atoms with Crippen LogP contribution in [0.2, 0.25) is 0 Å². The third-order valence-corrected chi connectivity index (χ3v) is 2.47. The van der Waals surface area contributed by atoms with E-state index in [1.165, 1.54) is 6.92 Å². The van der Waals surface area contributed by atoms with Gasteiger partial charge in [-0.3, -0.25) is 4.79 Å². The molecule has 86 valence electrons. The normalized spacial score (nSPS) is 13.9. The summed E-state index contributed by atoms with van der Waals surface area (Å²) in [6.07, 6.45) is 2.47. The van der Waals surface area contributed by atoms with Crippen molar-refractivity contribution < 1.29 is 9.53 Å². The number of esters is 1. The Balaban J connectivity index is 2.78. The van der Waals surface area contributed by atoms with E-state index in [0.29, 0.717) is 5.92 Å². The summed E-state index contributed by atoms with van der Waals surface area (Å²) in [6.45, 7) is 7.25. The molecule has 0 aliphatic rings. The smallest absolute Gasteiger partial charge is 0.303 e. The summed E-state index contributed by atoms with van der Waals surface area (Å²) in [7, 11) is 0. The van der Waals surface area contributed by atoms with E-state index in [1.807, 2.05) is 36.4 Å². The van der Waals surface area contributed by atoms with E-state index in [0.717, 1.165) is 12.0 Å². The second-order valence-corrected chi connectivity index (χ2v) is 3.96. The van der Waals surface area contributed by atoms with Gasteiger partial charge in [0.25, 0.3) is 0 Å². The number of benzene rings is 1. The van der Waals surface area contributed by atoms with Crippen molar-refractivity contribution in [2.75, 3.05) is 0 Å². The first-order chi connectivity index (χ1) is 7.63. The fourth-order valence-corrected chi connectivity index (χ4v) is 1.55. The first kappa shape index (κ1) is 12.5. The van der Waals surface area contributed by atoms with Gasteiger partial charge in [-0.2, -0.15) is 0 Å². The lowest BCUT2D eigenvalue weighted by atomic mass is 9.98. The molecular formula is C14H18O2. The van der Waals surface area contributed by atoms with Crippen molar-refractivity contribution in [2.24, 2.45) is 5.92 Å². The molecule has 0 aliphatic carbocycles. The molecule has 2 nitrogen and oxygen atoms in total. The molecule has 0 N–H and O–H groups in total. The molecule has 0 heterocycles. The first-order valence-corrected chi connectivity index (χ1v) is 5.48. The summed E-state index contributed by atoms with van der Waals surface area (Å²) in [5.41, 5.74) is 1.03. The van der Waals surface area contributed by atoms with Gasteiger partial charge in [-0.15, -0.1) is 6.58 Å². The Bertz CT molecular complexity index is 343. The van der Waals surface area contributed by atoms with Gasteiger partial charge in [-0.1, -0.05) is 43.3 Å². The van der Waals surface area contributed by atoms with Crippen LogP contribution in [-0.2, 0) is 9.53 Å². The predicted molar refractivity (Wildman–Crippen MR) is 64.9 cm³/mol. The molecule has 1 aromatic carbocycles. The Labute approximate surface area is 96.9 Å². The van der Waals surface area contributed by atoms with E-state index in [1.54, 1.807) is 0 Å². The zero-order valence-electron chi connectivity index (χ0n) is 9.85. The highest BCUT2D eigenvalue weighted by atomic mass is 16.5. The van der Waals surface area contributed by atoms with Crippen molar-refractivity contribution in [3.8, 4) is 0 Å². The Morgan fingerprint density at radius 2 is 2.06 bits per heavy atom. The molecular weight excluding hydrogens is 200 g/mol. The second-order valence-electron chi connectivity index (χ2n) is 3.96. The van der Waals surface area contributed by atoms with Crippen LogP contribution < -0.4 is 0 Å². The van der Waals surface area contributed by atoms with Gasteiger partial charge in [-0.25, -0.2) is 0 Å². The number of ether oxygens (including phenoxy) is 1. The molecule has 0 fully saturated rings. The van der Waals surface area contributed by atoms with E-state index < -0.39 is 0 Å². The van der Waals surface area contributed by atoms with E-state index in [-0.39, 0.29) is 12.1 Å². The van der Waals surface area contributed by atoms with Crippen LogP contribution in [0, 0.1) is 5.92 Å². The minimum absolute atomic E-state index is 0.174. The number of carbonyl (C=O) groups excluding carboxylic acids is 1. The molecule has 0 amide bonds. The van der Waals surface area contributed by atoms with Crippen LogP contribution in [0.5, 0.6) is 0 Å². The Morgan fingerprint density at radius 1 is 1.44 bits per heavy atom. The molecule has 2 atom stereocenters. The van der Waals surface area contributed by atoms with Gasteiger partial charge in [0.05, 0.1) is 0 Å².